The molecule has 0 aliphatic heterocycles. The third-order valence-electron chi connectivity index (χ3n) is 1.57. The maximum absolute atomic E-state index is 9.44. The summed E-state index contributed by atoms with van der Waals surface area (Å²) >= 11 is 0. The molecule has 3 nitrogen and oxygen atoms in total. The summed E-state index contributed by atoms with van der Waals surface area (Å²) in [7, 11) is 0. The number of hydrogen-bond donors (Lipinski definition) is 2. The molecule has 0 aliphatic rings. The molecule has 1 rings (SSSR count). The Labute approximate surface area is 71.6 Å². The van der Waals surface area contributed by atoms with E-state index in [-0.39, 0.29) is 5.70 Å². The van der Waals surface area contributed by atoms with Crippen LogP contribution < -0.4 is 5.73 Å². The molecule has 0 aliphatic carbocycles. The monoisotopic (exact) mass is 164 g/mol. The fourth-order valence-corrected chi connectivity index (χ4v) is 0.899. The predicted octanol–water partition coefficient (Wildman–Crippen LogP) is 0.896. The van der Waals surface area contributed by atoms with E-state index < -0.39 is 6.10 Å². The van der Waals surface area contributed by atoms with Crippen LogP contribution in [0.15, 0.2) is 30.6 Å². The van der Waals surface area contributed by atoms with Gasteiger partial charge in [0.05, 0.1) is 5.69 Å². The molecule has 1 aromatic rings. The Balaban J connectivity index is 2.95. The van der Waals surface area contributed by atoms with Crippen LogP contribution in [0.3, 0.4) is 0 Å². The van der Waals surface area contributed by atoms with Crippen molar-refractivity contribution >= 4 is 0 Å². The number of aliphatic hydroxyl groups is 1. The van der Waals surface area contributed by atoms with E-state index in [9.17, 15) is 5.11 Å². The fourth-order valence-electron chi connectivity index (χ4n) is 0.899. The van der Waals surface area contributed by atoms with Crippen LogP contribution in [0, 0.1) is 6.92 Å². The summed E-state index contributed by atoms with van der Waals surface area (Å²) in [6.45, 7) is 5.38. The van der Waals surface area contributed by atoms with Crippen LogP contribution in [0.4, 0.5) is 0 Å². The lowest BCUT2D eigenvalue weighted by molar-refractivity contribution is 0.209. The van der Waals surface area contributed by atoms with Gasteiger partial charge >= 0.3 is 0 Å². The van der Waals surface area contributed by atoms with E-state index in [2.05, 4.69) is 11.6 Å². The number of rotatable bonds is 2. The van der Waals surface area contributed by atoms with Crippen LogP contribution in [0.5, 0.6) is 0 Å². The molecule has 1 atom stereocenters. The van der Waals surface area contributed by atoms with Crippen molar-refractivity contribution in [3.8, 4) is 0 Å². The van der Waals surface area contributed by atoms with Crippen molar-refractivity contribution in [1.82, 2.24) is 4.98 Å². The van der Waals surface area contributed by atoms with Crippen molar-refractivity contribution in [3.63, 3.8) is 0 Å². The molecule has 1 heterocycles. The van der Waals surface area contributed by atoms with E-state index in [1.807, 2.05) is 13.0 Å². The van der Waals surface area contributed by atoms with Gasteiger partial charge in [-0.25, -0.2) is 0 Å². The lowest BCUT2D eigenvalue weighted by Crippen LogP contribution is -2.09. The molecule has 3 heteroatoms. The number of aryl methyl sites for hydroxylation is 1. The molecular formula is C9H12N2O. The van der Waals surface area contributed by atoms with E-state index in [0.717, 1.165) is 5.56 Å². The van der Waals surface area contributed by atoms with Crippen LogP contribution in [-0.2, 0) is 0 Å². The molecule has 12 heavy (non-hydrogen) atoms. The first-order chi connectivity index (χ1) is 5.61. The minimum Gasteiger partial charge on any atom is -0.400 e. The summed E-state index contributed by atoms with van der Waals surface area (Å²) in [5.41, 5.74) is 7.14. The highest BCUT2D eigenvalue weighted by atomic mass is 16.3. The van der Waals surface area contributed by atoms with Gasteiger partial charge in [0.15, 0.2) is 0 Å². The van der Waals surface area contributed by atoms with Gasteiger partial charge < -0.3 is 10.8 Å². The van der Waals surface area contributed by atoms with Gasteiger partial charge in [-0.2, -0.15) is 0 Å². The number of aliphatic hydroxyl groups excluding tert-OH is 1. The first kappa shape index (κ1) is 8.74. The van der Waals surface area contributed by atoms with Crippen LogP contribution in [0.25, 0.3) is 0 Å². The maximum Gasteiger partial charge on any atom is 0.134 e. The predicted molar refractivity (Wildman–Crippen MR) is 47.3 cm³/mol. The highest BCUT2D eigenvalue weighted by Gasteiger charge is 2.09. The van der Waals surface area contributed by atoms with Gasteiger partial charge in [-0.1, -0.05) is 6.58 Å². The third kappa shape index (κ3) is 1.83. The average molecular weight is 164 g/mol. The van der Waals surface area contributed by atoms with Gasteiger partial charge in [0, 0.05) is 11.9 Å². The van der Waals surface area contributed by atoms with E-state index in [1.165, 1.54) is 0 Å². The molecule has 0 saturated carbocycles. The smallest absolute Gasteiger partial charge is 0.134 e. The largest absolute Gasteiger partial charge is 0.400 e. The Morgan fingerprint density at radius 1 is 1.75 bits per heavy atom. The van der Waals surface area contributed by atoms with Gasteiger partial charge in [0.25, 0.3) is 0 Å². The van der Waals surface area contributed by atoms with Crippen molar-refractivity contribution < 1.29 is 5.11 Å². The van der Waals surface area contributed by atoms with Crippen molar-refractivity contribution in [2.75, 3.05) is 0 Å². The second-order valence-electron chi connectivity index (χ2n) is 2.74. The summed E-state index contributed by atoms with van der Waals surface area (Å²) in [5.74, 6) is 0. The minimum absolute atomic E-state index is 0.216. The molecule has 0 amide bonds. The lowest BCUT2D eigenvalue weighted by atomic mass is 10.1. The van der Waals surface area contributed by atoms with Crippen molar-refractivity contribution in [1.29, 1.82) is 0 Å². The molecule has 1 aromatic heterocycles. The number of hydrogen-bond acceptors (Lipinski definition) is 3. The zero-order valence-corrected chi connectivity index (χ0v) is 6.99. The molecule has 0 saturated heterocycles. The summed E-state index contributed by atoms with van der Waals surface area (Å²) in [6.07, 6.45) is 0.779. The number of pyridine rings is 1. The van der Waals surface area contributed by atoms with Gasteiger partial charge in [0.1, 0.15) is 6.10 Å². The third-order valence-corrected chi connectivity index (χ3v) is 1.57. The Morgan fingerprint density at radius 3 is 2.92 bits per heavy atom. The lowest BCUT2D eigenvalue weighted by Gasteiger charge is -2.08. The topological polar surface area (TPSA) is 59.1 Å². The first-order valence-corrected chi connectivity index (χ1v) is 3.66. The maximum atomic E-state index is 9.44. The number of nitrogens with two attached hydrogens (primary N) is 1. The average Bonchev–Trinajstić information content (AvgIpc) is 2.03. The van der Waals surface area contributed by atoms with Gasteiger partial charge in [-0.05, 0) is 24.6 Å². The highest BCUT2D eigenvalue weighted by Crippen LogP contribution is 2.14. The van der Waals surface area contributed by atoms with Crippen LogP contribution in [0.2, 0.25) is 0 Å². The molecule has 3 N–H and O–H groups in total. The molecule has 0 fully saturated rings. The quantitative estimate of drug-likeness (QED) is 0.682. The fraction of sp³-hybridized carbons (Fsp3) is 0.222. The summed E-state index contributed by atoms with van der Waals surface area (Å²) in [6, 6.07) is 3.64. The van der Waals surface area contributed by atoms with E-state index in [4.69, 9.17) is 5.73 Å². The Kier molecular flexibility index (Phi) is 2.45. The number of nitrogens with zero attached hydrogens (tertiary/aromatic N) is 1. The molecule has 64 valence electrons. The van der Waals surface area contributed by atoms with Crippen molar-refractivity contribution in [3.05, 3.63) is 41.9 Å². The van der Waals surface area contributed by atoms with Crippen LogP contribution in [-0.4, -0.2) is 10.1 Å². The van der Waals surface area contributed by atoms with Crippen LogP contribution >= 0.6 is 0 Å². The Bertz CT molecular complexity index is 296. The molecule has 0 radical (unpaired) electrons. The normalized spacial score (nSPS) is 12.5. The van der Waals surface area contributed by atoms with E-state index in [0.29, 0.717) is 5.69 Å². The molecule has 1 unspecified atom stereocenters. The zero-order chi connectivity index (χ0) is 9.14. The van der Waals surface area contributed by atoms with Crippen molar-refractivity contribution in [2.24, 2.45) is 5.73 Å². The molecular weight excluding hydrogens is 152 g/mol. The highest BCUT2D eigenvalue weighted by molar-refractivity contribution is 5.20. The minimum atomic E-state index is -0.857. The second kappa shape index (κ2) is 3.36. The molecule has 0 spiro atoms. The SMILES string of the molecule is C=C(N)C(O)c1cc(C)ccn1. The molecule has 0 bridgehead atoms. The van der Waals surface area contributed by atoms with Gasteiger partial charge in [-0.15, -0.1) is 0 Å². The van der Waals surface area contributed by atoms with E-state index in [1.54, 1.807) is 12.3 Å². The van der Waals surface area contributed by atoms with Crippen molar-refractivity contribution in [2.45, 2.75) is 13.0 Å². The summed E-state index contributed by atoms with van der Waals surface area (Å²) in [4.78, 5) is 3.97. The first-order valence-electron chi connectivity index (χ1n) is 3.66. The Hall–Kier alpha value is -1.35. The van der Waals surface area contributed by atoms with E-state index >= 15 is 0 Å². The standard InChI is InChI=1S/C9H12N2O/c1-6-3-4-11-8(5-6)9(12)7(2)10/h3-5,9,12H,2,10H2,1H3. The second-order valence-corrected chi connectivity index (χ2v) is 2.74. The van der Waals surface area contributed by atoms with Crippen LogP contribution in [0.1, 0.15) is 17.4 Å². The summed E-state index contributed by atoms with van der Waals surface area (Å²) < 4.78 is 0. The molecule has 0 aromatic carbocycles. The summed E-state index contributed by atoms with van der Waals surface area (Å²) in [5, 5.41) is 9.44. The number of aromatic nitrogens is 1. The zero-order valence-electron chi connectivity index (χ0n) is 6.99. The van der Waals surface area contributed by atoms with Gasteiger partial charge in [-0.3, -0.25) is 4.98 Å². The van der Waals surface area contributed by atoms with Gasteiger partial charge in [0.2, 0.25) is 0 Å². The Morgan fingerprint density at radius 2 is 2.42 bits per heavy atom.